The smallest absolute Gasteiger partial charge is 0.0552 e. The van der Waals surface area contributed by atoms with Gasteiger partial charge in [0.1, 0.15) is 0 Å². The molecule has 23 heavy (non-hydrogen) atoms. The number of benzene rings is 2. The van der Waals surface area contributed by atoms with E-state index in [9.17, 15) is 0 Å². The van der Waals surface area contributed by atoms with Gasteiger partial charge in [0, 0.05) is 16.3 Å². The molecule has 2 aromatic carbocycles. The third-order valence-electron chi connectivity index (χ3n) is 5.25. The first-order chi connectivity index (χ1) is 11.4. The molecular formula is C21H25NS. The average molecular weight is 324 g/mol. The molecule has 0 unspecified atom stereocenters. The van der Waals surface area contributed by atoms with E-state index in [1.54, 1.807) is 0 Å². The van der Waals surface area contributed by atoms with Crippen molar-refractivity contribution < 1.29 is 0 Å². The van der Waals surface area contributed by atoms with Gasteiger partial charge in [0.2, 0.25) is 0 Å². The van der Waals surface area contributed by atoms with Crippen LogP contribution >= 0.6 is 11.8 Å². The fourth-order valence-electron chi connectivity index (χ4n) is 4.04. The number of fused-ring (bicyclic) bond motifs is 2. The highest BCUT2D eigenvalue weighted by atomic mass is 32.2. The molecule has 0 radical (unpaired) electrons. The van der Waals surface area contributed by atoms with Crippen LogP contribution < -0.4 is 4.90 Å². The molecule has 4 rings (SSSR count). The number of rotatable bonds is 4. The highest BCUT2D eigenvalue weighted by Crippen LogP contribution is 2.47. The topological polar surface area (TPSA) is 3.24 Å². The minimum absolute atomic E-state index is 0.980. The largest absolute Gasteiger partial charge is 0.340 e. The summed E-state index contributed by atoms with van der Waals surface area (Å²) >= 11 is 1.91. The predicted octanol–water partition coefficient (Wildman–Crippen LogP) is 6.65. The summed E-state index contributed by atoms with van der Waals surface area (Å²) < 4.78 is 0. The van der Waals surface area contributed by atoms with Gasteiger partial charge in [-0.3, -0.25) is 0 Å². The van der Waals surface area contributed by atoms with Crippen LogP contribution in [0, 0.1) is 5.92 Å². The normalized spacial score (nSPS) is 17.7. The molecule has 2 aromatic rings. The second-order valence-corrected chi connectivity index (χ2v) is 7.92. The van der Waals surface area contributed by atoms with Gasteiger partial charge in [0.25, 0.3) is 0 Å². The zero-order valence-corrected chi connectivity index (χ0v) is 14.5. The Morgan fingerprint density at radius 3 is 2.09 bits per heavy atom. The molecule has 2 heteroatoms. The molecule has 1 nitrogen and oxygen atoms in total. The second kappa shape index (κ2) is 7.00. The van der Waals surface area contributed by atoms with Gasteiger partial charge in [0.15, 0.2) is 0 Å². The SMILES string of the molecule is c1ccc2c(c1)Sc1ccccc1N2CCCC1CCCCC1. The van der Waals surface area contributed by atoms with E-state index in [0.717, 1.165) is 12.5 Å². The van der Waals surface area contributed by atoms with Crippen molar-refractivity contribution in [3.05, 3.63) is 48.5 Å². The standard InChI is InChI=1S/C21H25NS/c1-2-9-17(10-3-1)11-8-16-22-18-12-4-6-14-20(18)23-21-15-7-5-13-19(21)22/h4-7,12-15,17H,1-3,8-11,16H2. The van der Waals surface area contributed by atoms with Crippen molar-refractivity contribution in [3.63, 3.8) is 0 Å². The number of hydrogen-bond acceptors (Lipinski definition) is 2. The summed E-state index contributed by atoms with van der Waals surface area (Å²) in [6.07, 6.45) is 9.99. The zero-order valence-electron chi connectivity index (χ0n) is 13.7. The number of hydrogen-bond donors (Lipinski definition) is 0. The molecule has 0 aromatic heterocycles. The maximum absolute atomic E-state index is 2.55. The predicted molar refractivity (Wildman–Crippen MR) is 99.8 cm³/mol. The first-order valence-corrected chi connectivity index (χ1v) is 9.87. The van der Waals surface area contributed by atoms with Crippen LogP contribution in [0.25, 0.3) is 0 Å². The van der Waals surface area contributed by atoms with Crippen LogP contribution in [-0.4, -0.2) is 6.54 Å². The molecule has 0 spiro atoms. The van der Waals surface area contributed by atoms with Gasteiger partial charge in [-0.05, 0) is 43.0 Å². The molecule has 120 valence electrons. The lowest BCUT2D eigenvalue weighted by Crippen LogP contribution is -2.22. The summed E-state index contributed by atoms with van der Waals surface area (Å²) in [5.74, 6) is 0.980. The van der Waals surface area contributed by atoms with Crippen molar-refractivity contribution in [3.8, 4) is 0 Å². The van der Waals surface area contributed by atoms with Crippen molar-refractivity contribution in [1.29, 1.82) is 0 Å². The lowest BCUT2D eigenvalue weighted by molar-refractivity contribution is 0.334. The van der Waals surface area contributed by atoms with E-state index >= 15 is 0 Å². The van der Waals surface area contributed by atoms with E-state index in [1.165, 1.54) is 66.1 Å². The molecule has 0 amide bonds. The van der Waals surface area contributed by atoms with Gasteiger partial charge >= 0.3 is 0 Å². The fourth-order valence-corrected chi connectivity index (χ4v) is 5.13. The molecule has 1 fully saturated rings. The molecule has 0 saturated heterocycles. The van der Waals surface area contributed by atoms with Gasteiger partial charge in [-0.15, -0.1) is 0 Å². The molecule has 0 atom stereocenters. The quantitative estimate of drug-likeness (QED) is 0.619. The Morgan fingerprint density at radius 1 is 0.826 bits per heavy atom. The molecule has 1 aliphatic carbocycles. The first kappa shape index (κ1) is 15.1. The molecule has 1 aliphatic heterocycles. The van der Waals surface area contributed by atoms with E-state index in [2.05, 4.69) is 53.4 Å². The van der Waals surface area contributed by atoms with Crippen LogP contribution in [0.5, 0.6) is 0 Å². The minimum Gasteiger partial charge on any atom is -0.340 e. The van der Waals surface area contributed by atoms with Crippen LogP contribution in [0.3, 0.4) is 0 Å². The van der Waals surface area contributed by atoms with E-state index in [0.29, 0.717) is 0 Å². The lowest BCUT2D eigenvalue weighted by atomic mass is 9.86. The maximum atomic E-state index is 2.55. The second-order valence-electron chi connectivity index (χ2n) is 6.84. The maximum Gasteiger partial charge on any atom is 0.0552 e. The Morgan fingerprint density at radius 2 is 1.43 bits per heavy atom. The van der Waals surface area contributed by atoms with E-state index in [1.807, 2.05) is 11.8 Å². The van der Waals surface area contributed by atoms with Crippen LogP contribution in [0.4, 0.5) is 11.4 Å². The van der Waals surface area contributed by atoms with E-state index in [4.69, 9.17) is 0 Å². The van der Waals surface area contributed by atoms with Crippen molar-refractivity contribution in [2.24, 2.45) is 5.92 Å². The summed E-state index contributed by atoms with van der Waals surface area (Å²) in [6, 6.07) is 17.7. The van der Waals surface area contributed by atoms with Gasteiger partial charge in [-0.2, -0.15) is 0 Å². The molecule has 0 bridgehead atoms. The van der Waals surface area contributed by atoms with Crippen molar-refractivity contribution in [2.45, 2.75) is 54.7 Å². The monoisotopic (exact) mass is 323 g/mol. The van der Waals surface area contributed by atoms with E-state index < -0.39 is 0 Å². The average Bonchev–Trinajstić information content (AvgIpc) is 2.62. The zero-order chi connectivity index (χ0) is 15.5. The molecule has 1 heterocycles. The van der Waals surface area contributed by atoms with Gasteiger partial charge < -0.3 is 4.90 Å². The van der Waals surface area contributed by atoms with E-state index in [-0.39, 0.29) is 0 Å². The van der Waals surface area contributed by atoms with Crippen molar-refractivity contribution in [2.75, 3.05) is 11.4 Å². The number of para-hydroxylation sites is 2. The summed E-state index contributed by atoms with van der Waals surface area (Å²) in [5, 5.41) is 0. The number of nitrogens with zero attached hydrogens (tertiary/aromatic N) is 1. The fraction of sp³-hybridized carbons (Fsp3) is 0.429. The van der Waals surface area contributed by atoms with Gasteiger partial charge in [0.05, 0.1) is 11.4 Å². The number of anilines is 2. The third-order valence-corrected chi connectivity index (χ3v) is 6.38. The Bertz CT molecular complexity index is 615. The molecular weight excluding hydrogens is 298 g/mol. The van der Waals surface area contributed by atoms with Crippen LogP contribution in [0.2, 0.25) is 0 Å². The Hall–Kier alpha value is -1.41. The summed E-state index contributed by atoms with van der Waals surface area (Å²) in [5.41, 5.74) is 2.78. The van der Waals surface area contributed by atoms with Crippen LogP contribution in [-0.2, 0) is 0 Å². The summed E-state index contributed by atoms with van der Waals surface area (Å²) in [4.78, 5) is 5.33. The Kier molecular flexibility index (Phi) is 4.61. The van der Waals surface area contributed by atoms with Crippen LogP contribution in [0.15, 0.2) is 58.3 Å². The molecule has 2 aliphatic rings. The summed E-state index contributed by atoms with van der Waals surface area (Å²) in [7, 11) is 0. The Labute approximate surface area is 144 Å². The minimum atomic E-state index is 0.980. The lowest BCUT2D eigenvalue weighted by Gasteiger charge is -2.33. The highest BCUT2D eigenvalue weighted by molar-refractivity contribution is 7.99. The molecule has 0 N–H and O–H groups in total. The van der Waals surface area contributed by atoms with Gasteiger partial charge in [-0.25, -0.2) is 0 Å². The highest BCUT2D eigenvalue weighted by Gasteiger charge is 2.22. The van der Waals surface area contributed by atoms with Crippen molar-refractivity contribution >= 4 is 23.1 Å². The van der Waals surface area contributed by atoms with Crippen molar-refractivity contribution in [1.82, 2.24) is 0 Å². The Balaban J connectivity index is 1.50. The third kappa shape index (κ3) is 3.28. The summed E-state index contributed by atoms with van der Waals surface area (Å²) in [6.45, 7) is 1.14. The first-order valence-electron chi connectivity index (χ1n) is 9.05. The van der Waals surface area contributed by atoms with Crippen LogP contribution in [0.1, 0.15) is 44.9 Å². The molecule has 1 saturated carbocycles. The van der Waals surface area contributed by atoms with Gasteiger partial charge in [-0.1, -0.05) is 68.1 Å².